The number of halogens is 1. The summed E-state index contributed by atoms with van der Waals surface area (Å²) >= 11 is 5.75. The maximum Gasteiger partial charge on any atom is 0.274 e. The highest BCUT2D eigenvalue weighted by atomic mass is 35.5. The Kier molecular flexibility index (Phi) is 3.73. The maximum atomic E-state index is 10.7. The van der Waals surface area contributed by atoms with E-state index in [4.69, 9.17) is 11.6 Å². The summed E-state index contributed by atoms with van der Waals surface area (Å²) in [6, 6.07) is 2.74. The standard InChI is InChI=1S/C10H9ClN2O3/c1-3-9(12-14)8-4-7(11)5-10(6(8)2)13(15)16/h3-5H,1-2H3/b9-3+. The van der Waals surface area contributed by atoms with Crippen LogP contribution < -0.4 is 0 Å². The molecule has 0 spiro atoms. The molecule has 0 saturated carbocycles. The maximum absolute atomic E-state index is 10.7. The van der Waals surface area contributed by atoms with Crippen LogP contribution in [0, 0.1) is 21.9 Å². The molecule has 16 heavy (non-hydrogen) atoms. The predicted octanol–water partition coefficient (Wildman–Crippen LogP) is 3.68. The predicted molar refractivity (Wildman–Crippen MR) is 62.3 cm³/mol. The molecule has 0 aliphatic heterocycles. The van der Waals surface area contributed by atoms with Crippen LogP contribution in [-0.2, 0) is 0 Å². The van der Waals surface area contributed by atoms with Crippen molar-refractivity contribution in [3.05, 3.63) is 49.4 Å². The van der Waals surface area contributed by atoms with E-state index in [1.54, 1.807) is 13.8 Å². The molecule has 6 heteroatoms. The molecule has 0 amide bonds. The van der Waals surface area contributed by atoms with Crippen LogP contribution in [-0.4, -0.2) is 4.92 Å². The molecule has 0 aromatic heterocycles. The van der Waals surface area contributed by atoms with Gasteiger partial charge in [0.2, 0.25) is 0 Å². The number of benzene rings is 1. The Bertz CT molecular complexity index is 483. The van der Waals surface area contributed by atoms with E-state index in [1.165, 1.54) is 18.2 Å². The van der Waals surface area contributed by atoms with Gasteiger partial charge in [-0.2, -0.15) is 0 Å². The highest BCUT2D eigenvalue weighted by Crippen LogP contribution is 2.31. The first-order valence-electron chi connectivity index (χ1n) is 4.45. The summed E-state index contributed by atoms with van der Waals surface area (Å²) in [6.45, 7) is 3.18. The first kappa shape index (κ1) is 12.3. The zero-order valence-corrected chi connectivity index (χ0v) is 9.49. The van der Waals surface area contributed by atoms with Crippen molar-refractivity contribution >= 4 is 23.0 Å². The summed E-state index contributed by atoms with van der Waals surface area (Å²) in [4.78, 5) is 20.8. The minimum atomic E-state index is -0.539. The van der Waals surface area contributed by atoms with Gasteiger partial charge in [0.05, 0.1) is 4.92 Å². The smallest absolute Gasteiger partial charge is 0.258 e. The highest BCUT2D eigenvalue weighted by molar-refractivity contribution is 6.31. The Hall–Kier alpha value is -1.75. The first-order chi connectivity index (χ1) is 7.51. The average molecular weight is 241 g/mol. The number of hydrogen-bond donors (Lipinski definition) is 0. The van der Waals surface area contributed by atoms with Gasteiger partial charge < -0.3 is 0 Å². The Balaban J connectivity index is 3.52. The molecule has 0 radical (unpaired) electrons. The third kappa shape index (κ3) is 2.25. The van der Waals surface area contributed by atoms with E-state index in [0.717, 1.165) is 0 Å². The van der Waals surface area contributed by atoms with Crippen molar-refractivity contribution in [1.29, 1.82) is 0 Å². The topological polar surface area (TPSA) is 72.6 Å². The minimum Gasteiger partial charge on any atom is -0.258 e. The summed E-state index contributed by atoms with van der Waals surface area (Å²) in [5, 5.41) is 13.8. The van der Waals surface area contributed by atoms with Crippen molar-refractivity contribution in [1.82, 2.24) is 0 Å². The third-order valence-corrected chi connectivity index (χ3v) is 2.41. The first-order valence-corrected chi connectivity index (χ1v) is 4.83. The normalized spacial score (nSPS) is 11.3. The fourth-order valence-electron chi connectivity index (χ4n) is 1.38. The number of hydrogen-bond acceptors (Lipinski definition) is 4. The zero-order chi connectivity index (χ0) is 12.3. The Morgan fingerprint density at radius 2 is 2.19 bits per heavy atom. The lowest BCUT2D eigenvalue weighted by atomic mass is 10.0. The SMILES string of the molecule is C/C=C(/N=O)c1cc(Cl)cc([N+](=O)[O-])c1C. The largest absolute Gasteiger partial charge is 0.274 e. The van der Waals surface area contributed by atoms with Gasteiger partial charge >= 0.3 is 0 Å². The number of nitro benzene ring substituents is 1. The van der Waals surface area contributed by atoms with Crippen LogP contribution in [0.3, 0.4) is 0 Å². The molecule has 84 valence electrons. The van der Waals surface area contributed by atoms with Crippen molar-refractivity contribution < 1.29 is 4.92 Å². The molecule has 0 heterocycles. The van der Waals surface area contributed by atoms with E-state index in [-0.39, 0.29) is 16.4 Å². The molecule has 5 nitrogen and oxygen atoms in total. The summed E-state index contributed by atoms with van der Waals surface area (Å²) in [6.07, 6.45) is 1.48. The summed E-state index contributed by atoms with van der Waals surface area (Å²) in [5.74, 6) is 0. The van der Waals surface area contributed by atoms with Gasteiger partial charge in [-0.05, 0) is 25.1 Å². The van der Waals surface area contributed by atoms with Crippen LogP contribution in [0.5, 0.6) is 0 Å². The molecule has 1 aromatic rings. The van der Waals surface area contributed by atoms with Crippen molar-refractivity contribution in [2.75, 3.05) is 0 Å². The van der Waals surface area contributed by atoms with Crippen LogP contribution in [0.25, 0.3) is 5.70 Å². The summed E-state index contributed by atoms with van der Waals surface area (Å²) < 4.78 is 0. The number of nitrogens with zero attached hydrogens (tertiary/aromatic N) is 2. The van der Waals surface area contributed by atoms with Gasteiger partial charge in [0.25, 0.3) is 5.69 Å². The summed E-state index contributed by atoms with van der Waals surface area (Å²) in [7, 11) is 0. The molecule has 0 N–H and O–H groups in total. The number of nitroso groups, excluding NO2 is 1. The number of nitro groups is 1. The average Bonchev–Trinajstić information content (AvgIpc) is 2.23. The van der Waals surface area contributed by atoms with E-state index in [1.807, 2.05) is 0 Å². The molecule has 0 fully saturated rings. The molecular weight excluding hydrogens is 232 g/mol. The van der Waals surface area contributed by atoms with E-state index < -0.39 is 4.92 Å². The van der Waals surface area contributed by atoms with Gasteiger partial charge in [-0.25, -0.2) is 0 Å². The second kappa shape index (κ2) is 4.85. The molecule has 1 rings (SSSR count). The lowest BCUT2D eigenvalue weighted by Crippen LogP contribution is -1.96. The quantitative estimate of drug-likeness (QED) is 0.459. The number of rotatable bonds is 3. The minimum absolute atomic E-state index is 0.120. The van der Waals surface area contributed by atoms with E-state index in [9.17, 15) is 15.0 Å². The van der Waals surface area contributed by atoms with Gasteiger partial charge in [-0.1, -0.05) is 17.7 Å². The zero-order valence-electron chi connectivity index (χ0n) is 8.73. The molecule has 0 unspecified atom stereocenters. The fourth-order valence-corrected chi connectivity index (χ4v) is 1.59. The van der Waals surface area contributed by atoms with E-state index >= 15 is 0 Å². The third-order valence-electron chi connectivity index (χ3n) is 2.19. The molecule has 0 saturated heterocycles. The van der Waals surface area contributed by atoms with Crippen LogP contribution in [0.1, 0.15) is 18.1 Å². The van der Waals surface area contributed by atoms with Crippen LogP contribution in [0.15, 0.2) is 23.4 Å². The Labute approximate surface area is 96.9 Å². The van der Waals surface area contributed by atoms with Gasteiger partial charge in [-0.15, -0.1) is 4.91 Å². The second-order valence-corrected chi connectivity index (χ2v) is 3.56. The molecule has 0 atom stereocenters. The lowest BCUT2D eigenvalue weighted by molar-refractivity contribution is -0.385. The van der Waals surface area contributed by atoms with Crippen LogP contribution >= 0.6 is 11.6 Å². The Morgan fingerprint density at radius 3 is 2.62 bits per heavy atom. The highest BCUT2D eigenvalue weighted by Gasteiger charge is 2.17. The fraction of sp³-hybridized carbons (Fsp3) is 0.200. The molecular formula is C10H9ClN2O3. The van der Waals surface area contributed by atoms with Gasteiger partial charge in [-0.3, -0.25) is 10.1 Å². The molecule has 0 aliphatic carbocycles. The van der Waals surface area contributed by atoms with Crippen molar-refractivity contribution in [2.45, 2.75) is 13.8 Å². The van der Waals surface area contributed by atoms with Crippen molar-refractivity contribution in [2.24, 2.45) is 5.18 Å². The van der Waals surface area contributed by atoms with Crippen LogP contribution in [0.2, 0.25) is 5.02 Å². The molecule has 1 aromatic carbocycles. The lowest BCUT2D eigenvalue weighted by Gasteiger charge is -2.05. The van der Waals surface area contributed by atoms with E-state index in [2.05, 4.69) is 5.18 Å². The molecule has 0 aliphatic rings. The Morgan fingerprint density at radius 1 is 1.56 bits per heavy atom. The number of allylic oxidation sites excluding steroid dienone is 1. The summed E-state index contributed by atoms with van der Waals surface area (Å²) in [5.41, 5.74) is 0.785. The molecule has 0 bridgehead atoms. The van der Waals surface area contributed by atoms with Crippen LogP contribution in [0.4, 0.5) is 5.69 Å². The van der Waals surface area contributed by atoms with Crippen molar-refractivity contribution in [3.8, 4) is 0 Å². The van der Waals surface area contributed by atoms with E-state index in [0.29, 0.717) is 11.1 Å². The van der Waals surface area contributed by atoms with Gasteiger partial charge in [0, 0.05) is 22.2 Å². The second-order valence-electron chi connectivity index (χ2n) is 3.12. The van der Waals surface area contributed by atoms with Gasteiger partial charge in [0.15, 0.2) is 0 Å². The van der Waals surface area contributed by atoms with Crippen molar-refractivity contribution in [3.63, 3.8) is 0 Å². The monoisotopic (exact) mass is 240 g/mol. The van der Waals surface area contributed by atoms with Gasteiger partial charge in [0.1, 0.15) is 5.70 Å².